The first kappa shape index (κ1) is 20.6. The third kappa shape index (κ3) is 4.43. The molecule has 0 bridgehead atoms. The second-order valence-electron chi connectivity index (χ2n) is 7.61. The van der Waals surface area contributed by atoms with E-state index in [9.17, 15) is 9.59 Å². The molecule has 6 heteroatoms. The Balaban J connectivity index is 1.88. The number of para-hydroxylation sites is 1. The lowest BCUT2D eigenvalue weighted by molar-refractivity contribution is -0.120. The zero-order valence-corrected chi connectivity index (χ0v) is 17.8. The molecule has 0 fully saturated rings. The smallest absolute Gasteiger partial charge is 0.220 e. The van der Waals surface area contributed by atoms with Gasteiger partial charge in [-0.2, -0.15) is 0 Å². The predicted octanol–water partition coefficient (Wildman–Crippen LogP) is 4.02. The maximum atomic E-state index is 13.1. The molecule has 0 saturated carbocycles. The van der Waals surface area contributed by atoms with Crippen molar-refractivity contribution in [1.29, 1.82) is 0 Å². The van der Waals surface area contributed by atoms with Gasteiger partial charge in [-0.05, 0) is 56.0 Å². The number of nitrogens with one attached hydrogen (secondary N) is 2. The zero-order valence-electron chi connectivity index (χ0n) is 17.8. The van der Waals surface area contributed by atoms with Gasteiger partial charge in [0.15, 0.2) is 5.43 Å². The quantitative estimate of drug-likeness (QED) is 0.639. The van der Waals surface area contributed by atoms with E-state index >= 15 is 0 Å². The average Bonchev–Trinajstić information content (AvgIpc) is 2.79. The van der Waals surface area contributed by atoms with Crippen LogP contribution < -0.4 is 16.1 Å². The highest BCUT2D eigenvalue weighted by atomic mass is 16.1. The van der Waals surface area contributed by atoms with E-state index in [-0.39, 0.29) is 11.3 Å². The molecule has 1 aliphatic rings. The maximum Gasteiger partial charge on any atom is 0.220 e. The minimum atomic E-state index is -0.0984. The molecule has 1 aromatic carbocycles. The number of hydrogen-bond acceptors (Lipinski definition) is 4. The maximum absolute atomic E-state index is 13.1. The summed E-state index contributed by atoms with van der Waals surface area (Å²) < 4.78 is 1.98. The van der Waals surface area contributed by atoms with Gasteiger partial charge in [-0.1, -0.05) is 30.4 Å². The van der Waals surface area contributed by atoms with Crippen molar-refractivity contribution in [2.24, 2.45) is 0 Å². The van der Waals surface area contributed by atoms with Crippen molar-refractivity contribution in [2.75, 3.05) is 12.4 Å². The van der Waals surface area contributed by atoms with Crippen LogP contribution in [0.25, 0.3) is 16.7 Å². The van der Waals surface area contributed by atoms with Crippen molar-refractivity contribution in [3.8, 4) is 5.69 Å². The molecule has 2 N–H and O–H groups in total. The molecule has 1 amide bonds. The Bertz CT molecular complexity index is 1240. The molecule has 2 aromatic heterocycles. The highest BCUT2D eigenvalue weighted by Gasteiger charge is 2.16. The number of carbonyl (C=O) groups excluding carboxylic acids is 1. The Kier molecular flexibility index (Phi) is 5.98. The normalized spacial score (nSPS) is 13.2. The van der Waals surface area contributed by atoms with Gasteiger partial charge in [-0.25, -0.2) is 4.98 Å². The summed E-state index contributed by atoms with van der Waals surface area (Å²) in [6.45, 7) is 1.92. The molecule has 0 radical (unpaired) electrons. The van der Waals surface area contributed by atoms with E-state index in [1.165, 1.54) is 0 Å². The summed E-state index contributed by atoms with van der Waals surface area (Å²) in [5.41, 5.74) is 4.11. The van der Waals surface area contributed by atoms with Gasteiger partial charge in [0.2, 0.25) is 5.91 Å². The number of amides is 1. The number of rotatable bonds is 6. The SMILES string of the molecule is CNC(=O)CCc1cc2c(=O)cc(NC3=CCCC=C3)n(-c3ccccc3)c2nc1C. The predicted molar refractivity (Wildman–Crippen MR) is 125 cm³/mol. The van der Waals surface area contributed by atoms with E-state index in [2.05, 4.69) is 22.8 Å². The Morgan fingerprint density at radius 1 is 1.16 bits per heavy atom. The number of anilines is 1. The van der Waals surface area contributed by atoms with Crippen LogP contribution in [0.2, 0.25) is 0 Å². The van der Waals surface area contributed by atoms with Gasteiger partial charge in [-0.3, -0.25) is 14.2 Å². The Hall–Kier alpha value is -3.67. The van der Waals surface area contributed by atoms with Gasteiger partial charge in [0.05, 0.1) is 5.39 Å². The molecule has 3 aromatic rings. The molecular weight excluding hydrogens is 388 g/mol. The lowest BCUT2D eigenvalue weighted by atomic mass is 10.1. The minimum Gasteiger partial charge on any atom is -0.359 e. The van der Waals surface area contributed by atoms with Gasteiger partial charge in [-0.15, -0.1) is 0 Å². The van der Waals surface area contributed by atoms with E-state index in [1.54, 1.807) is 13.1 Å². The largest absolute Gasteiger partial charge is 0.359 e. The molecular formula is C25H26N4O2. The van der Waals surface area contributed by atoms with Crippen LogP contribution >= 0.6 is 0 Å². The van der Waals surface area contributed by atoms with Crippen molar-refractivity contribution in [2.45, 2.75) is 32.6 Å². The van der Waals surface area contributed by atoms with Crippen LogP contribution in [-0.2, 0) is 11.2 Å². The van der Waals surface area contributed by atoms with Gasteiger partial charge in [0, 0.05) is 36.6 Å². The molecule has 4 rings (SSSR count). The molecule has 31 heavy (non-hydrogen) atoms. The molecule has 0 atom stereocenters. The molecule has 0 unspecified atom stereocenters. The lowest BCUT2D eigenvalue weighted by Crippen LogP contribution is -2.19. The number of hydrogen-bond donors (Lipinski definition) is 2. The highest BCUT2D eigenvalue weighted by Crippen LogP contribution is 2.25. The summed E-state index contributed by atoms with van der Waals surface area (Å²) in [5, 5.41) is 6.58. The van der Waals surface area contributed by atoms with Gasteiger partial charge in [0.25, 0.3) is 0 Å². The molecule has 1 aliphatic carbocycles. The van der Waals surface area contributed by atoms with Crippen LogP contribution in [0.1, 0.15) is 30.5 Å². The van der Waals surface area contributed by atoms with Crippen LogP contribution in [0.3, 0.4) is 0 Å². The number of benzene rings is 1. The van der Waals surface area contributed by atoms with Crippen molar-refractivity contribution in [1.82, 2.24) is 14.9 Å². The molecule has 0 spiro atoms. The molecule has 2 heterocycles. The van der Waals surface area contributed by atoms with Crippen LogP contribution in [0.15, 0.2) is 71.2 Å². The van der Waals surface area contributed by atoms with Crippen molar-refractivity contribution >= 4 is 22.8 Å². The van der Waals surface area contributed by atoms with Crippen molar-refractivity contribution < 1.29 is 4.79 Å². The molecule has 0 saturated heterocycles. The first-order valence-corrected chi connectivity index (χ1v) is 10.5. The van der Waals surface area contributed by atoms with Crippen LogP contribution in [0, 0.1) is 6.92 Å². The van der Waals surface area contributed by atoms with Crippen molar-refractivity contribution in [3.63, 3.8) is 0 Å². The molecule has 0 aliphatic heterocycles. The number of pyridine rings is 2. The summed E-state index contributed by atoms with van der Waals surface area (Å²) in [6.07, 6.45) is 9.17. The van der Waals surface area contributed by atoms with E-state index in [4.69, 9.17) is 4.98 Å². The topological polar surface area (TPSA) is 76.0 Å². The van der Waals surface area contributed by atoms with E-state index in [1.807, 2.05) is 54.0 Å². The van der Waals surface area contributed by atoms with Gasteiger partial charge < -0.3 is 10.6 Å². The lowest BCUT2D eigenvalue weighted by Gasteiger charge is -2.20. The van der Waals surface area contributed by atoms with Crippen LogP contribution in [0.5, 0.6) is 0 Å². The number of carbonyl (C=O) groups is 1. The summed E-state index contributed by atoms with van der Waals surface area (Å²) in [7, 11) is 1.62. The first-order chi connectivity index (χ1) is 15.1. The Morgan fingerprint density at radius 3 is 2.68 bits per heavy atom. The fourth-order valence-electron chi connectivity index (χ4n) is 3.78. The Morgan fingerprint density at radius 2 is 1.97 bits per heavy atom. The Labute approximate surface area is 181 Å². The number of allylic oxidation sites excluding steroid dienone is 3. The highest BCUT2D eigenvalue weighted by molar-refractivity contribution is 5.82. The minimum absolute atomic E-state index is 0.0328. The summed E-state index contributed by atoms with van der Waals surface area (Å²) >= 11 is 0. The third-order valence-corrected chi connectivity index (χ3v) is 5.47. The second kappa shape index (κ2) is 9.00. The van der Waals surface area contributed by atoms with Crippen molar-refractivity contribution in [3.05, 3.63) is 87.9 Å². The number of aryl methyl sites for hydroxylation is 2. The van der Waals surface area contributed by atoms with Gasteiger partial charge in [0.1, 0.15) is 11.5 Å². The standard InChI is InChI=1S/C25H26N4O2/c1-17-18(13-14-24(31)26-2)15-21-22(30)16-23(28-19-9-5-3-6-10-19)29(25(21)27-17)20-11-7-4-8-12-20/h4-5,7-12,15-16,28H,3,6,13-14H2,1-2H3,(H,26,31). The fraction of sp³-hybridized carbons (Fsp3) is 0.240. The number of nitrogens with zero attached hydrogens (tertiary/aromatic N) is 2. The fourth-order valence-corrected chi connectivity index (χ4v) is 3.78. The van der Waals surface area contributed by atoms with Crippen LogP contribution in [-0.4, -0.2) is 22.5 Å². The average molecular weight is 415 g/mol. The van der Waals surface area contributed by atoms with E-state index < -0.39 is 0 Å². The number of fused-ring (bicyclic) bond motifs is 1. The van der Waals surface area contributed by atoms with Gasteiger partial charge >= 0.3 is 0 Å². The monoisotopic (exact) mass is 414 g/mol. The molecule has 158 valence electrons. The zero-order chi connectivity index (χ0) is 21.8. The summed E-state index contributed by atoms with van der Waals surface area (Å²) in [5.74, 6) is 0.640. The van der Waals surface area contributed by atoms with Crippen LogP contribution in [0.4, 0.5) is 5.82 Å². The van der Waals surface area contributed by atoms with E-state index in [0.29, 0.717) is 29.7 Å². The first-order valence-electron chi connectivity index (χ1n) is 10.5. The molecule has 6 nitrogen and oxygen atoms in total. The van der Waals surface area contributed by atoms with E-state index in [0.717, 1.165) is 35.5 Å². The third-order valence-electron chi connectivity index (χ3n) is 5.47. The summed E-state index contributed by atoms with van der Waals surface area (Å²) in [6, 6.07) is 13.4. The summed E-state index contributed by atoms with van der Waals surface area (Å²) in [4.78, 5) is 29.6. The second-order valence-corrected chi connectivity index (χ2v) is 7.61. The number of aromatic nitrogens is 2.